The van der Waals surface area contributed by atoms with Crippen LogP contribution < -0.4 is 10.0 Å². The van der Waals surface area contributed by atoms with Crippen LogP contribution in [0.5, 0.6) is 0 Å². The minimum atomic E-state index is -3.55. The van der Waals surface area contributed by atoms with Gasteiger partial charge in [-0.25, -0.2) is 18.1 Å². The zero-order valence-electron chi connectivity index (χ0n) is 12.4. The fourth-order valence-electron chi connectivity index (χ4n) is 2.53. The van der Waals surface area contributed by atoms with Crippen molar-refractivity contribution in [3.8, 4) is 0 Å². The Bertz CT molecular complexity index is 559. The highest BCUT2D eigenvalue weighted by atomic mass is 32.2. The quantitative estimate of drug-likeness (QED) is 0.851. The van der Waals surface area contributed by atoms with Crippen molar-refractivity contribution < 1.29 is 8.42 Å². The van der Waals surface area contributed by atoms with Crippen LogP contribution in [0.15, 0.2) is 11.2 Å². The summed E-state index contributed by atoms with van der Waals surface area (Å²) in [5.41, 5.74) is -0.382. The summed E-state index contributed by atoms with van der Waals surface area (Å²) < 4.78 is 29.7. The molecule has 0 bridgehead atoms. The molecule has 0 unspecified atom stereocenters. The van der Waals surface area contributed by atoms with Gasteiger partial charge in [0.05, 0.1) is 0 Å². The molecule has 114 valence electrons. The average molecular weight is 300 g/mol. The van der Waals surface area contributed by atoms with Crippen LogP contribution in [0, 0.1) is 6.92 Å². The highest BCUT2D eigenvalue weighted by Crippen LogP contribution is 2.21. The lowest BCUT2D eigenvalue weighted by Gasteiger charge is -2.34. The first kappa shape index (κ1) is 15.5. The molecule has 0 atom stereocenters. The third-order valence-corrected chi connectivity index (χ3v) is 5.29. The molecule has 1 aliphatic heterocycles. The van der Waals surface area contributed by atoms with Gasteiger partial charge >= 0.3 is 0 Å². The Morgan fingerprint density at radius 1 is 1.45 bits per heavy atom. The van der Waals surface area contributed by atoms with E-state index in [1.807, 2.05) is 18.4 Å². The van der Waals surface area contributed by atoms with E-state index in [0.717, 1.165) is 44.7 Å². The minimum absolute atomic E-state index is 0.128. The number of imidazole rings is 1. The number of nitrogens with one attached hydrogen (secondary N) is 2. The van der Waals surface area contributed by atoms with Gasteiger partial charge in [0.15, 0.2) is 5.03 Å². The molecule has 6 nitrogen and oxygen atoms in total. The Morgan fingerprint density at radius 2 is 2.10 bits per heavy atom. The van der Waals surface area contributed by atoms with E-state index in [4.69, 9.17) is 0 Å². The van der Waals surface area contributed by atoms with Crippen LogP contribution in [-0.2, 0) is 16.6 Å². The molecule has 1 aliphatic rings. The van der Waals surface area contributed by atoms with E-state index in [1.54, 1.807) is 6.20 Å². The van der Waals surface area contributed by atoms with E-state index in [0.29, 0.717) is 0 Å². The van der Waals surface area contributed by atoms with E-state index < -0.39 is 10.0 Å². The van der Waals surface area contributed by atoms with E-state index in [1.165, 1.54) is 0 Å². The zero-order chi connectivity index (χ0) is 14.8. The van der Waals surface area contributed by atoms with Crippen LogP contribution >= 0.6 is 0 Å². The molecule has 0 spiro atoms. The molecule has 0 saturated carbocycles. The lowest BCUT2D eigenvalue weighted by molar-refractivity contribution is 0.307. The molecule has 1 fully saturated rings. The van der Waals surface area contributed by atoms with Gasteiger partial charge in [0, 0.05) is 18.3 Å². The number of hydrogen-bond acceptors (Lipinski definition) is 4. The SMILES string of the molecule is CCCn1cc(S(=O)(=O)NC2(C)CCNCC2)nc1C. The van der Waals surface area contributed by atoms with Gasteiger partial charge in [0.1, 0.15) is 5.82 Å². The summed E-state index contributed by atoms with van der Waals surface area (Å²) in [5, 5.41) is 3.37. The van der Waals surface area contributed by atoms with Crippen molar-refractivity contribution in [3.63, 3.8) is 0 Å². The molecule has 1 aromatic rings. The van der Waals surface area contributed by atoms with Gasteiger partial charge in [-0.15, -0.1) is 0 Å². The topological polar surface area (TPSA) is 76.0 Å². The summed E-state index contributed by atoms with van der Waals surface area (Å²) in [6.07, 6.45) is 4.17. The largest absolute Gasteiger partial charge is 0.334 e. The van der Waals surface area contributed by atoms with E-state index >= 15 is 0 Å². The average Bonchev–Trinajstić information content (AvgIpc) is 2.72. The standard InChI is InChI=1S/C13H24N4O2S/c1-4-9-17-10-12(15-11(17)2)20(18,19)16-13(3)5-7-14-8-6-13/h10,14,16H,4-9H2,1-3H3. The Labute approximate surface area is 121 Å². The third kappa shape index (κ3) is 3.39. The van der Waals surface area contributed by atoms with Crippen LogP contribution in [-0.4, -0.2) is 36.6 Å². The van der Waals surface area contributed by atoms with Gasteiger partial charge in [0.2, 0.25) is 0 Å². The van der Waals surface area contributed by atoms with Gasteiger partial charge in [-0.1, -0.05) is 6.92 Å². The van der Waals surface area contributed by atoms with Crippen molar-refractivity contribution in [1.29, 1.82) is 0 Å². The van der Waals surface area contributed by atoms with Crippen LogP contribution in [0.25, 0.3) is 0 Å². The molecule has 2 N–H and O–H groups in total. The number of hydrogen-bond donors (Lipinski definition) is 2. The Hall–Kier alpha value is -0.920. The molecule has 0 amide bonds. The van der Waals surface area contributed by atoms with Crippen LogP contribution in [0.1, 0.15) is 38.9 Å². The Balaban J connectivity index is 2.19. The summed E-state index contributed by atoms with van der Waals surface area (Å²) in [6, 6.07) is 0. The van der Waals surface area contributed by atoms with Gasteiger partial charge < -0.3 is 9.88 Å². The predicted molar refractivity (Wildman–Crippen MR) is 78.1 cm³/mol. The summed E-state index contributed by atoms with van der Waals surface area (Å²) in [7, 11) is -3.55. The van der Waals surface area contributed by atoms with Gasteiger partial charge in [-0.3, -0.25) is 0 Å². The van der Waals surface area contributed by atoms with Gasteiger partial charge in [-0.05, 0) is 46.2 Å². The first-order chi connectivity index (χ1) is 9.36. The Kier molecular flexibility index (Phi) is 4.51. The number of aryl methyl sites for hydroxylation is 2. The summed E-state index contributed by atoms with van der Waals surface area (Å²) >= 11 is 0. The number of nitrogens with zero attached hydrogens (tertiary/aromatic N) is 2. The maximum absolute atomic E-state index is 12.5. The second kappa shape index (κ2) is 5.83. The second-order valence-corrected chi connectivity index (χ2v) is 7.37. The molecular formula is C13H24N4O2S. The zero-order valence-corrected chi connectivity index (χ0v) is 13.3. The fraction of sp³-hybridized carbons (Fsp3) is 0.769. The molecule has 2 rings (SSSR count). The summed E-state index contributed by atoms with van der Waals surface area (Å²) in [4.78, 5) is 4.19. The number of aromatic nitrogens is 2. The lowest BCUT2D eigenvalue weighted by Crippen LogP contribution is -2.52. The highest BCUT2D eigenvalue weighted by Gasteiger charge is 2.33. The molecule has 7 heteroatoms. The molecule has 20 heavy (non-hydrogen) atoms. The number of sulfonamides is 1. The van der Waals surface area contributed by atoms with Crippen molar-refractivity contribution in [3.05, 3.63) is 12.0 Å². The van der Waals surface area contributed by atoms with Crippen LogP contribution in [0.3, 0.4) is 0 Å². The van der Waals surface area contributed by atoms with Crippen LogP contribution in [0.4, 0.5) is 0 Å². The van der Waals surface area contributed by atoms with Gasteiger partial charge in [0.25, 0.3) is 10.0 Å². The first-order valence-electron chi connectivity index (χ1n) is 7.15. The normalized spacial score (nSPS) is 19.1. The maximum atomic E-state index is 12.5. The van der Waals surface area contributed by atoms with E-state index in [-0.39, 0.29) is 10.6 Å². The number of piperidine rings is 1. The van der Waals surface area contributed by atoms with Crippen molar-refractivity contribution in [2.45, 2.75) is 57.1 Å². The second-order valence-electron chi connectivity index (χ2n) is 5.74. The Morgan fingerprint density at radius 3 is 2.70 bits per heavy atom. The molecule has 0 aromatic carbocycles. The molecule has 1 saturated heterocycles. The number of rotatable bonds is 5. The van der Waals surface area contributed by atoms with E-state index in [9.17, 15) is 8.42 Å². The summed E-state index contributed by atoms with van der Waals surface area (Å²) in [6.45, 7) is 8.31. The van der Waals surface area contributed by atoms with E-state index in [2.05, 4.69) is 21.9 Å². The molecule has 0 aliphatic carbocycles. The highest BCUT2D eigenvalue weighted by molar-refractivity contribution is 7.89. The fourth-order valence-corrected chi connectivity index (χ4v) is 4.01. The molecule has 2 heterocycles. The lowest BCUT2D eigenvalue weighted by atomic mass is 9.92. The molecule has 0 radical (unpaired) electrons. The van der Waals surface area contributed by atoms with Crippen molar-refractivity contribution in [2.75, 3.05) is 13.1 Å². The minimum Gasteiger partial charge on any atom is -0.334 e. The van der Waals surface area contributed by atoms with Gasteiger partial charge in [-0.2, -0.15) is 0 Å². The van der Waals surface area contributed by atoms with Crippen molar-refractivity contribution in [2.24, 2.45) is 0 Å². The summed E-state index contributed by atoms with van der Waals surface area (Å²) in [5.74, 6) is 0.739. The van der Waals surface area contributed by atoms with Crippen molar-refractivity contribution >= 4 is 10.0 Å². The maximum Gasteiger partial charge on any atom is 0.260 e. The third-order valence-electron chi connectivity index (χ3n) is 3.78. The van der Waals surface area contributed by atoms with Crippen LogP contribution in [0.2, 0.25) is 0 Å². The van der Waals surface area contributed by atoms with Crippen molar-refractivity contribution in [1.82, 2.24) is 19.6 Å². The smallest absolute Gasteiger partial charge is 0.260 e. The first-order valence-corrected chi connectivity index (χ1v) is 8.63. The monoisotopic (exact) mass is 300 g/mol. The predicted octanol–water partition coefficient (Wildman–Crippen LogP) is 1.02. The molecule has 1 aromatic heterocycles. The molecular weight excluding hydrogens is 276 g/mol.